The van der Waals surface area contributed by atoms with Crippen LogP contribution in [0.15, 0.2) is 70.7 Å². The van der Waals surface area contributed by atoms with Crippen LogP contribution in [0.2, 0.25) is 0 Å². The molecule has 0 N–H and O–H groups in total. The van der Waals surface area contributed by atoms with Gasteiger partial charge in [-0.15, -0.1) is 23.5 Å². The average molecular weight is 413 g/mol. The van der Waals surface area contributed by atoms with Crippen LogP contribution < -0.4 is 0 Å². The lowest BCUT2D eigenvalue weighted by atomic mass is 10.1. The molecule has 0 aliphatic rings. The van der Waals surface area contributed by atoms with E-state index in [9.17, 15) is 0 Å². The van der Waals surface area contributed by atoms with Crippen molar-refractivity contribution in [2.75, 3.05) is 38.9 Å². The normalized spacial score (nSPS) is 10.9. The Morgan fingerprint density at radius 3 is 1.50 bits per heavy atom. The number of rotatable bonds is 10. The third kappa shape index (κ3) is 6.07. The van der Waals surface area contributed by atoms with Crippen molar-refractivity contribution < 1.29 is 9.47 Å². The van der Waals surface area contributed by atoms with Crippen molar-refractivity contribution in [3.8, 4) is 22.5 Å². The molecule has 0 amide bonds. The molecule has 0 aliphatic heterocycles. The highest BCUT2D eigenvalue weighted by atomic mass is 32.2. The molecule has 0 saturated carbocycles. The van der Waals surface area contributed by atoms with Crippen LogP contribution >= 0.6 is 23.5 Å². The van der Waals surface area contributed by atoms with Gasteiger partial charge in [0, 0.05) is 46.6 Å². The molecule has 0 fully saturated rings. The standard InChI is InChI=1S/C22H24N2O2S2/c1-25-11-13-27-19-7-3-17(4-8-19)21-15-22(24-16-23-21)18-5-9-20(10-6-18)28-14-12-26-2/h3-10,15-16H,11-14H2,1-2H3. The Bertz CT molecular complexity index is 786. The fourth-order valence-electron chi connectivity index (χ4n) is 2.60. The van der Waals surface area contributed by atoms with Gasteiger partial charge in [-0.05, 0) is 30.3 Å². The summed E-state index contributed by atoms with van der Waals surface area (Å²) in [5.41, 5.74) is 4.03. The maximum atomic E-state index is 5.10. The summed E-state index contributed by atoms with van der Waals surface area (Å²) in [7, 11) is 3.45. The molecule has 4 nitrogen and oxygen atoms in total. The van der Waals surface area contributed by atoms with Gasteiger partial charge in [0.2, 0.25) is 0 Å². The van der Waals surface area contributed by atoms with Crippen molar-refractivity contribution in [1.29, 1.82) is 0 Å². The minimum Gasteiger partial charge on any atom is -0.384 e. The largest absolute Gasteiger partial charge is 0.384 e. The van der Waals surface area contributed by atoms with Crippen LogP contribution in [0.4, 0.5) is 0 Å². The summed E-state index contributed by atoms with van der Waals surface area (Å²) in [6.07, 6.45) is 1.63. The third-order valence-corrected chi connectivity index (χ3v) is 6.03. The molecule has 3 rings (SSSR count). The lowest BCUT2D eigenvalue weighted by Gasteiger charge is -2.07. The minimum absolute atomic E-state index is 0.755. The number of hydrogen-bond donors (Lipinski definition) is 0. The number of hydrogen-bond acceptors (Lipinski definition) is 6. The second kappa shape index (κ2) is 11.2. The molecule has 146 valence electrons. The van der Waals surface area contributed by atoms with Crippen molar-refractivity contribution in [1.82, 2.24) is 9.97 Å². The van der Waals surface area contributed by atoms with Crippen LogP contribution in [-0.2, 0) is 9.47 Å². The van der Waals surface area contributed by atoms with Gasteiger partial charge in [0.05, 0.1) is 24.6 Å². The molecule has 0 bridgehead atoms. The number of aromatic nitrogens is 2. The van der Waals surface area contributed by atoms with Crippen LogP contribution in [-0.4, -0.2) is 48.9 Å². The summed E-state index contributed by atoms with van der Waals surface area (Å²) < 4.78 is 10.2. The summed E-state index contributed by atoms with van der Waals surface area (Å²) in [5, 5.41) is 0. The molecule has 0 aliphatic carbocycles. The van der Waals surface area contributed by atoms with E-state index in [-0.39, 0.29) is 0 Å². The molecule has 2 aromatic carbocycles. The molecule has 0 saturated heterocycles. The third-order valence-electron chi connectivity index (χ3n) is 4.08. The van der Waals surface area contributed by atoms with E-state index in [1.165, 1.54) is 9.79 Å². The van der Waals surface area contributed by atoms with Crippen molar-refractivity contribution in [3.63, 3.8) is 0 Å². The van der Waals surface area contributed by atoms with Gasteiger partial charge in [0.15, 0.2) is 0 Å². The summed E-state index contributed by atoms with van der Waals surface area (Å²) in [5.74, 6) is 1.90. The van der Waals surface area contributed by atoms with Crippen LogP contribution in [0.25, 0.3) is 22.5 Å². The van der Waals surface area contributed by atoms with Gasteiger partial charge in [0.25, 0.3) is 0 Å². The summed E-state index contributed by atoms with van der Waals surface area (Å²) in [6.45, 7) is 1.51. The first kappa shape index (κ1) is 20.9. The Kier molecular flexibility index (Phi) is 8.36. The van der Waals surface area contributed by atoms with E-state index in [0.29, 0.717) is 0 Å². The zero-order chi connectivity index (χ0) is 19.6. The highest BCUT2D eigenvalue weighted by Crippen LogP contribution is 2.27. The summed E-state index contributed by atoms with van der Waals surface area (Å²) >= 11 is 3.58. The molecule has 0 atom stereocenters. The maximum absolute atomic E-state index is 5.10. The van der Waals surface area contributed by atoms with Crippen molar-refractivity contribution in [3.05, 3.63) is 60.9 Å². The predicted molar refractivity (Wildman–Crippen MR) is 118 cm³/mol. The molecule has 1 aromatic heterocycles. The smallest absolute Gasteiger partial charge is 0.116 e. The number of thioether (sulfide) groups is 2. The SMILES string of the molecule is COCCSc1ccc(-c2cc(-c3ccc(SCCOC)cc3)ncn2)cc1. The van der Waals surface area contributed by atoms with Crippen molar-refractivity contribution in [2.24, 2.45) is 0 Å². The predicted octanol–water partition coefficient (Wildman–Crippen LogP) is 5.29. The highest BCUT2D eigenvalue weighted by Gasteiger charge is 2.05. The van der Waals surface area contributed by atoms with E-state index < -0.39 is 0 Å². The number of ether oxygens (including phenoxy) is 2. The Labute approximate surface area is 175 Å². The highest BCUT2D eigenvalue weighted by molar-refractivity contribution is 7.99. The van der Waals surface area contributed by atoms with E-state index in [0.717, 1.165) is 47.2 Å². The summed E-state index contributed by atoms with van der Waals surface area (Å²) in [6, 6.07) is 19.0. The van der Waals surface area contributed by atoms with Gasteiger partial charge in [0.1, 0.15) is 6.33 Å². The van der Waals surface area contributed by atoms with E-state index in [2.05, 4.69) is 58.5 Å². The first-order valence-corrected chi connectivity index (χ1v) is 11.0. The van der Waals surface area contributed by atoms with Crippen molar-refractivity contribution >= 4 is 23.5 Å². The zero-order valence-corrected chi connectivity index (χ0v) is 17.8. The monoisotopic (exact) mass is 412 g/mol. The Hall–Kier alpha value is -1.86. The van der Waals surface area contributed by atoms with Gasteiger partial charge in [-0.2, -0.15) is 0 Å². The fourth-order valence-corrected chi connectivity index (χ4v) is 4.23. The second-order valence-corrected chi connectivity index (χ2v) is 8.36. The van der Waals surface area contributed by atoms with Gasteiger partial charge >= 0.3 is 0 Å². The van der Waals surface area contributed by atoms with Crippen LogP contribution in [0.3, 0.4) is 0 Å². The second-order valence-electron chi connectivity index (χ2n) is 6.02. The summed E-state index contributed by atoms with van der Waals surface area (Å²) in [4.78, 5) is 11.4. The zero-order valence-electron chi connectivity index (χ0n) is 16.1. The fraction of sp³-hybridized carbons (Fsp3) is 0.273. The lowest BCUT2D eigenvalue weighted by molar-refractivity contribution is 0.218. The first-order valence-electron chi connectivity index (χ1n) is 9.06. The van der Waals surface area contributed by atoms with E-state index >= 15 is 0 Å². The molecular formula is C22H24N2O2S2. The number of benzene rings is 2. The van der Waals surface area contributed by atoms with Gasteiger partial charge < -0.3 is 9.47 Å². The van der Waals surface area contributed by atoms with Crippen LogP contribution in [0.5, 0.6) is 0 Å². The molecule has 3 aromatic rings. The van der Waals surface area contributed by atoms with E-state index in [4.69, 9.17) is 9.47 Å². The average Bonchev–Trinajstić information content (AvgIpc) is 2.75. The van der Waals surface area contributed by atoms with Crippen LogP contribution in [0.1, 0.15) is 0 Å². The number of nitrogens with zero attached hydrogens (tertiary/aromatic N) is 2. The number of methoxy groups -OCH3 is 2. The molecule has 6 heteroatoms. The Morgan fingerprint density at radius 2 is 1.11 bits per heavy atom. The molecule has 1 heterocycles. The van der Waals surface area contributed by atoms with Gasteiger partial charge in [-0.3, -0.25) is 0 Å². The van der Waals surface area contributed by atoms with Gasteiger partial charge in [-0.25, -0.2) is 9.97 Å². The van der Waals surface area contributed by atoms with E-state index in [1.54, 1.807) is 44.1 Å². The minimum atomic E-state index is 0.755. The molecule has 28 heavy (non-hydrogen) atoms. The molecule has 0 spiro atoms. The van der Waals surface area contributed by atoms with Crippen molar-refractivity contribution in [2.45, 2.75) is 9.79 Å². The van der Waals surface area contributed by atoms with Gasteiger partial charge in [-0.1, -0.05) is 24.3 Å². The Morgan fingerprint density at radius 1 is 0.679 bits per heavy atom. The Balaban J connectivity index is 1.70. The molecular weight excluding hydrogens is 388 g/mol. The lowest BCUT2D eigenvalue weighted by Crippen LogP contribution is -1.92. The molecule has 0 unspecified atom stereocenters. The topological polar surface area (TPSA) is 44.2 Å². The van der Waals surface area contributed by atoms with Crippen LogP contribution in [0, 0.1) is 0 Å². The maximum Gasteiger partial charge on any atom is 0.116 e. The van der Waals surface area contributed by atoms with E-state index in [1.807, 2.05) is 6.07 Å². The molecule has 0 radical (unpaired) electrons. The first-order chi connectivity index (χ1) is 13.8. The quantitative estimate of drug-likeness (QED) is 0.333.